The van der Waals surface area contributed by atoms with Crippen LogP contribution in [0.4, 0.5) is 11.4 Å². The Labute approximate surface area is 186 Å². The summed E-state index contributed by atoms with van der Waals surface area (Å²) in [6.45, 7) is 6.07. The predicted molar refractivity (Wildman–Crippen MR) is 124 cm³/mol. The zero-order valence-electron chi connectivity index (χ0n) is 18.5. The Balaban J connectivity index is 1.47. The molecule has 0 radical (unpaired) electrons. The molecule has 1 atom stereocenters. The molecule has 0 bridgehead atoms. The van der Waals surface area contributed by atoms with Crippen molar-refractivity contribution in [2.45, 2.75) is 46.2 Å². The number of hydrogen-bond donors (Lipinski definition) is 1. The monoisotopic (exact) mass is 430 g/mol. The number of carbonyl (C=O) groups is 2. The zero-order chi connectivity index (χ0) is 22.8. The number of para-hydroxylation sites is 1. The Kier molecular flexibility index (Phi) is 5.90. The lowest BCUT2D eigenvalue weighted by Crippen LogP contribution is -2.37. The largest absolute Gasteiger partial charge is 0.326 e. The van der Waals surface area contributed by atoms with E-state index in [0.717, 1.165) is 28.8 Å². The van der Waals surface area contributed by atoms with Gasteiger partial charge in [-0.25, -0.2) is 4.68 Å². The van der Waals surface area contributed by atoms with Crippen LogP contribution in [0.1, 0.15) is 40.5 Å². The Morgan fingerprint density at radius 3 is 2.62 bits per heavy atom. The molecule has 1 aliphatic heterocycles. The molecule has 2 heterocycles. The first-order valence-corrected chi connectivity index (χ1v) is 10.7. The molecule has 32 heavy (non-hydrogen) atoms. The number of amides is 2. The van der Waals surface area contributed by atoms with Gasteiger partial charge in [0.2, 0.25) is 5.91 Å². The molecule has 0 saturated heterocycles. The molecule has 0 aliphatic carbocycles. The third-order valence-electron chi connectivity index (χ3n) is 5.85. The van der Waals surface area contributed by atoms with Crippen LogP contribution >= 0.6 is 0 Å². The first-order chi connectivity index (χ1) is 15.3. The normalized spacial score (nSPS) is 14.8. The van der Waals surface area contributed by atoms with Crippen LogP contribution < -0.4 is 15.8 Å². The van der Waals surface area contributed by atoms with E-state index in [2.05, 4.69) is 10.4 Å². The average molecular weight is 431 g/mol. The topological polar surface area (TPSA) is 84.3 Å². The lowest BCUT2D eigenvalue weighted by Gasteiger charge is -2.22. The van der Waals surface area contributed by atoms with Crippen LogP contribution in [0.5, 0.6) is 0 Å². The van der Waals surface area contributed by atoms with Crippen molar-refractivity contribution in [2.24, 2.45) is 0 Å². The van der Waals surface area contributed by atoms with Gasteiger partial charge in [0.1, 0.15) is 5.69 Å². The van der Waals surface area contributed by atoms with E-state index in [0.29, 0.717) is 5.69 Å². The number of fused-ring (bicyclic) bond motifs is 1. The summed E-state index contributed by atoms with van der Waals surface area (Å²) in [5, 5.41) is 7.10. The molecule has 2 aromatic carbocycles. The summed E-state index contributed by atoms with van der Waals surface area (Å²) in [7, 11) is 0. The van der Waals surface area contributed by atoms with E-state index in [1.54, 1.807) is 4.90 Å². The van der Waals surface area contributed by atoms with Gasteiger partial charge in [-0.15, -0.1) is 0 Å². The van der Waals surface area contributed by atoms with E-state index in [4.69, 9.17) is 0 Å². The van der Waals surface area contributed by atoms with Crippen LogP contribution in [0.3, 0.4) is 0 Å². The molecular formula is C25H26N4O3. The zero-order valence-corrected chi connectivity index (χ0v) is 18.5. The first kappa shape index (κ1) is 21.5. The fraction of sp³-hybridized carbons (Fsp3) is 0.280. The summed E-state index contributed by atoms with van der Waals surface area (Å²) < 4.78 is 1.18. The number of aryl methyl sites for hydroxylation is 3. The maximum Gasteiger partial charge on any atom is 0.278 e. The number of aromatic nitrogens is 2. The molecular weight excluding hydrogens is 404 g/mol. The van der Waals surface area contributed by atoms with Crippen molar-refractivity contribution in [3.05, 3.63) is 87.3 Å². The summed E-state index contributed by atoms with van der Waals surface area (Å²) in [5.41, 5.74) is 4.77. The smallest absolute Gasteiger partial charge is 0.278 e. The highest BCUT2D eigenvalue weighted by molar-refractivity contribution is 6.06. The molecule has 1 N–H and O–H groups in total. The number of anilines is 2. The highest BCUT2D eigenvalue weighted by atomic mass is 16.2. The van der Waals surface area contributed by atoms with Crippen LogP contribution in [-0.4, -0.2) is 27.6 Å². The highest BCUT2D eigenvalue weighted by Gasteiger charge is 2.32. The van der Waals surface area contributed by atoms with Gasteiger partial charge in [-0.2, -0.15) is 5.10 Å². The quantitative estimate of drug-likeness (QED) is 0.672. The van der Waals surface area contributed by atoms with Crippen molar-refractivity contribution in [3.8, 4) is 0 Å². The molecule has 1 aromatic heterocycles. The summed E-state index contributed by atoms with van der Waals surface area (Å²) in [6, 6.07) is 16.3. The number of nitrogens with one attached hydrogen (secondary N) is 1. The lowest BCUT2D eigenvalue weighted by molar-refractivity contribution is -0.116. The van der Waals surface area contributed by atoms with Crippen LogP contribution in [0.15, 0.2) is 59.4 Å². The molecule has 1 aliphatic rings. The van der Waals surface area contributed by atoms with Gasteiger partial charge in [0.15, 0.2) is 0 Å². The molecule has 7 heteroatoms. The molecule has 0 unspecified atom stereocenters. The van der Waals surface area contributed by atoms with Crippen LogP contribution in [0.2, 0.25) is 0 Å². The minimum Gasteiger partial charge on any atom is -0.326 e. The molecule has 0 fully saturated rings. The molecule has 0 saturated carbocycles. The number of rotatable bonds is 5. The fourth-order valence-electron chi connectivity index (χ4n) is 3.97. The van der Waals surface area contributed by atoms with E-state index in [9.17, 15) is 14.4 Å². The number of nitrogens with zero attached hydrogens (tertiary/aromatic N) is 3. The van der Waals surface area contributed by atoms with Crippen molar-refractivity contribution in [3.63, 3.8) is 0 Å². The second-order valence-corrected chi connectivity index (χ2v) is 8.23. The SMILES string of the molecule is Cc1ccc(NC(=O)CCn2nc(C(=O)N3c4ccccc4C[C@H]3C)ccc2=O)cc1C. The lowest BCUT2D eigenvalue weighted by atomic mass is 10.1. The van der Waals surface area contributed by atoms with E-state index in [1.165, 1.54) is 16.8 Å². The van der Waals surface area contributed by atoms with Crippen molar-refractivity contribution >= 4 is 23.2 Å². The second kappa shape index (κ2) is 8.78. The van der Waals surface area contributed by atoms with Gasteiger partial charge >= 0.3 is 0 Å². The summed E-state index contributed by atoms with van der Waals surface area (Å²) in [5.74, 6) is -0.475. The summed E-state index contributed by atoms with van der Waals surface area (Å²) in [6.07, 6.45) is 0.848. The van der Waals surface area contributed by atoms with Crippen LogP contribution in [0.25, 0.3) is 0 Å². The fourth-order valence-corrected chi connectivity index (χ4v) is 3.97. The van der Waals surface area contributed by atoms with Gasteiger partial charge in [-0.05, 0) is 68.1 Å². The summed E-state index contributed by atoms with van der Waals surface area (Å²) in [4.78, 5) is 39.6. The van der Waals surface area contributed by atoms with Crippen LogP contribution in [-0.2, 0) is 17.8 Å². The number of hydrogen-bond acceptors (Lipinski definition) is 4. The van der Waals surface area contributed by atoms with Gasteiger partial charge in [-0.3, -0.25) is 14.4 Å². The second-order valence-electron chi connectivity index (χ2n) is 8.23. The van der Waals surface area contributed by atoms with Gasteiger partial charge < -0.3 is 10.2 Å². The third kappa shape index (κ3) is 4.32. The molecule has 2 amide bonds. The van der Waals surface area contributed by atoms with Crippen molar-refractivity contribution in [1.29, 1.82) is 0 Å². The minimum atomic E-state index is -0.351. The molecule has 164 valence electrons. The van der Waals surface area contributed by atoms with Gasteiger partial charge in [0.25, 0.3) is 11.5 Å². The highest BCUT2D eigenvalue weighted by Crippen LogP contribution is 2.32. The Bertz CT molecular complexity index is 1250. The van der Waals surface area contributed by atoms with E-state index < -0.39 is 0 Å². The Morgan fingerprint density at radius 1 is 1.06 bits per heavy atom. The van der Waals surface area contributed by atoms with E-state index in [1.807, 2.05) is 63.2 Å². The van der Waals surface area contributed by atoms with E-state index in [-0.39, 0.29) is 42.1 Å². The first-order valence-electron chi connectivity index (χ1n) is 10.7. The third-order valence-corrected chi connectivity index (χ3v) is 5.85. The maximum atomic E-state index is 13.2. The molecule has 3 aromatic rings. The molecule has 4 rings (SSSR count). The maximum absolute atomic E-state index is 13.2. The average Bonchev–Trinajstić information content (AvgIpc) is 3.11. The van der Waals surface area contributed by atoms with Gasteiger partial charge in [0.05, 0.1) is 6.54 Å². The van der Waals surface area contributed by atoms with Crippen molar-refractivity contribution in [1.82, 2.24) is 9.78 Å². The van der Waals surface area contributed by atoms with Crippen molar-refractivity contribution in [2.75, 3.05) is 10.2 Å². The van der Waals surface area contributed by atoms with Gasteiger partial charge in [0, 0.05) is 29.9 Å². The molecule has 7 nitrogen and oxygen atoms in total. The Morgan fingerprint density at radius 2 is 1.84 bits per heavy atom. The van der Waals surface area contributed by atoms with Gasteiger partial charge in [-0.1, -0.05) is 24.3 Å². The Hall–Kier alpha value is -3.74. The number of carbonyl (C=O) groups excluding carboxylic acids is 2. The molecule has 0 spiro atoms. The van der Waals surface area contributed by atoms with Crippen LogP contribution in [0, 0.1) is 13.8 Å². The minimum absolute atomic E-state index is 0.00539. The standard InChI is InChI=1S/C25H26N4O3/c1-16-8-9-20(14-17(16)2)26-23(30)12-13-28-24(31)11-10-21(27-28)25(32)29-18(3)15-19-6-4-5-7-22(19)29/h4-11,14,18H,12-13,15H2,1-3H3,(H,26,30)/t18-/m1/s1. The number of benzene rings is 2. The van der Waals surface area contributed by atoms with Crippen molar-refractivity contribution < 1.29 is 9.59 Å². The summed E-state index contributed by atoms with van der Waals surface area (Å²) >= 11 is 0. The van der Waals surface area contributed by atoms with E-state index >= 15 is 0 Å². The predicted octanol–water partition coefficient (Wildman–Crippen LogP) is 3.48.